The first-order valence-electron chi connectivity index (χ1n) is 6.77. The number of nitrogens with zero attached hydrogens (tertiary/aromatic N) is 1. The largest absolute Gasteiger partial charge is 0.310 e. The maximum absolute atomic E-state index is 6.06. The van der Waals surface area contributed by atoms with Gasteiger partial charge in [0.1, 0.15) is 0 Å². The van der Waals surface area contributed by atoms with Crippen LogP contribution in [0.15, 0.2) is 47.2 Å². The molecule has 0 aliphatic carbocycles. The van der Waals surface area contributed by atoms with Crippen molar-refractivity contribution in [3.05, 3.63) is 63.3 Å². The van der Waals surface area contributed by atoms with Crippen LogP contribution < -0.4 is 5.32 Å². The van der Waals surface area contributed by atoms with E-state index >= 15 is 0 Å². The van der Waals surface area contributed by atoms with Gasteiger partial charge in [0.25, 0.3) is 0 Å². The first kappa shape index (κ1) is 15.5. The fourth-order valence-corrected chi connectivity index (χ4v) is 2.74. The van der Waals surface area contributed by atoms with Crippen molar-refractivity contribution in [1.29, 1.82) is 0 Å². The molecule has 0 fully saturated rings. The fraction of sp³-hybridized carbons (Fsp3) is 0.312. The molecule has 0 aliphatic heterocycles. The number of nitrogens with one attached hydrogen (secondary N) is 1. The van der Waals surface area contributed by atoms with Crippen LogP contribution in [0.25, 0.3) is 0 Å². The summed E-state index contributed by atoms with van der Waals surface area (Å²) in [5.41, 5.74) is 2.42. The van der Waals surface area contributed by atoms with Crippen molar-refractivity contribution in [1.82, 2.24) is 10.3 Å². The molecule has 0 spiro atoms. The summed E-state index contributed by atoms with van der Waals surface area (Å²) >= 11 is 9.55. The van der Waals surface area contributed by atoms with Crippen LogP contribution in [0.4, 0.5) is 0 Å². The number of benzene rings is 1. The Hall–Kier alpha value is -0.900. The maximum atomic E-state index is 6.06. The summed E-state index contributed by atoms with van der Waals surface area (Å²) in [5.74, 6) is 0. The molecule has 0 radical (unpaired) electrons. The Morgan fingerprint density at radius 1 is 1.30 bits per heavy atom. The van der Waals surface area contributed by atoms with Gasteiger partial charge in [-0.1, -0.05) is 30.7 Å². The highest BCUT2D eigenvalue weighted by molar-refractivity contribution is 9.10. The van der Waals surface area contributed by atoms with Gasteiger partial charge >= 0.3 is 0 Å². The van der Waals surface area contributed by atoms with E-state index in [-0.39, 0.29) is 6.04 Å². The molecule has 0 saturated heterocycles. The molecule has 2 nitrogen and oxygen atoms in total. The van der Waals surface area contributed by atoms with Crippen LogP contribution in [-0.2, 0) is 6.42 Å². The van der Waals surface area contributed by atoms with E-state index in [0.717, 1.165) is 28.9 Å². The van der Waals surface area contributed by atoms with E-state index in [2.05, 4.69) is 45.3 Å². The zero-order valence-electron chi connectivity index (χ0n) is 11.4. The molecular formula is C16H18BrClN2. The fourth-order valence-electron chi connectivity index (χ4n) is 2.14. The summed E-state index contributed by atoms with van der Waals surface area (Å²) in [6.45, 7) is 3.15. The van der Waals surface area contributed by atoms with Crippen LogP contribution in [0.2, 0.25) is 5.02 Å². The lowest BCUT2D eigenvalue weighted by molar-refractivity contribution is 0.527. The molecule has 1 aromatic carbocycles. The average Bonchev–Trinajstić information content (AvgIpc) is 2.43. The smallest absolute Gasteiger partial charge is 0.0410 e. The van der Waals surface area contributed by atoms with E-state index in [9.17, 15) is 0 Å². The van der Waals surface area contributed by atoms with Crippen molar-refractivity contribution < 1.29 is 0 Å². The lowest BCUT2D eigenvalue weighted by atomic mass is 10.00. The van der Waals surface area contributed by atoms with E-state index in [1.165, 1.54) is 11.1 Å². The molecule has 1 atom stereocenters. The SMILES string of the molecule is CCCNC(Cc1cccc(Cl)c1)c1cncc(Br)c1. The number of pyridine rings is 1. The van der Waals surface area contributed by atoms with Crippen LogP contribution in [0.3, 0.4) is 0 Å². The van der Waals surface area contributed by atoms with Crippen LogP contribution in [-0.4, -0.2) is 11.5 Å². The van der Waals surface area contributed by atoms with Crippen LogP contribution in [0.1, 0.15) is 30.5 Å². The summed E-state index contributed by atoms with van der Waals surface area (Å²) in [5, 5.41) is 4.36. The number of hydrogen-bond acceptors (Lipinski definition) is 2. The first-order valence-corrected chi connectivity index (χ1v) is 7.94. The molecule has 0 amide bonds. The summed E-state index contributed by atoms with van der Waals surface area (Å²) in [7, 11) is 0. The molecule has 1 unspecified atom stereocenters. The van der Waals surface area contributed by atoms with Gasteiger partial charge in [-0.3, -0.25) is 4.98 Å². The molecule has 0 bridgehead atoms. The molecule has 2 rings (SSSR count). The van der Waals surface area contributed by atoms with Crippen LogP contribution >= 0.6 is 27.5 Å². The van der Waals surface area contributed by atoms with Crippen molar-refractivity contribution in [3.8, 4) is 0 Å². The second kappa shape index (κ2) is 7.77. The molecule has 2 aromatic rings. The highest BCUT2D eigenvalue weighted by atomic mass is 79.9. The molecule has 4 heteroatoms. The van der Waals surface area contributed by atoms with E-state index < -0.39 is 0 Å². The van der Waals surface area contributed by atoms with Crippen molar-refractivity contribution in [2.45, 2.75) is 25.8 Å². The highest BCUT2D eigenvalue weighted by Gasteiger charge is 2.12. The molecule has 1 heterocycles. The Balaban J connectivity index is 2.19. The quantitative estimate of drug-likeness (QED) is 0.808. The lowest BCUT2D eigenvalue weighted by Gasteiger charge is -2.19. The minimum absolute atomic E-state index is 0.249. The number of rotatable bonds is 6. The third kappa shape index (κ3) is 4.58. The Morgan fingerprint density at radius 2 is 2.15 bits per heavy atom. The Morgan fingerprint density at radius 3 is 2.85 bits per heavy atom. The summed E-state index contributed by atoms with van der Waals surface area (Å²) in [6, 6.07) is 10.4. The normalized spacial score (nSPS) is 12.3. The lowest BCUT2D eigenvalue weighted by Crippen LogP contribution is -2.24. The second-order valence-electron chi connectivity index (χ2n) is 4.78. The standard InChI is InChI=1S/C16H18BrClN2/c1-2-6-20-16(13-9-14(17)11-19-10-13)8-12-4-3-5-15(18)7-12/h3-5,7,9-11,16,20H,2,6,8H2,1H3. The van der Waals surface area contributed by atoms with Gasteiger partial charge in [-0.15, -0.1) is 0 Å². The minimum Gasteiger partial charge on any atom is -0.310 e. The molecule has 1 aromatic heterocycles. The zero-order valence-corrected chi connectivity index (χ0v) is 13.8. The van der Waals surface area contributed by atoms with Gasteiger partial charge in [0.05, 0.1) is 0 Å². The summed E-state index contributed by atoms with van der Waals surface area (Å²) < 4.78 is 1.00. The average molecular weight is 354 g/mol. The number of halogens is 2. The van der Waals surface area contributed by atoms with Gasteiger partial charge in [0.15, 0.2) is 0 Å². The van der Waals surface area contributed by atoms with Crippen LogP contribution in [0.5, 0.6) is 0 Å². The molecule has 106 valence electrons. The second-order valence-corrected chi connectivity index (χ2v) is 6.13. The Labute approximate surface area is 133 Å². The van der Waals surface area contributed by atoms with Crippen molar-refractivity contribution in [2.75, 3.05) is 6.54 Å². The monoisotopic (exact) mass is 352 g/mol. The van der Waals surface area contributed by atoms with Gasteiger partial charge in [-0.25, -0.2) is 0 Å². The molecule has 0 aliphatic rings. The van der Waals surface area contributed by atoms with E-state index in [0.29, 0.717) is 0 Å². The van der Waals surface area contributed by atoms with E-state index in [1.807, 2.05) is 24.4 Å². The van der Waals surface area contributed by atoms with E-state index in [1.54, 1.807) is 6.20 Å². The van der Waals surface area contributed by atoms with Gasteiger partial charge in [0, 0.05) is 27.9 Å². The van der Waals surface area contributed by atoms with Crippen LogP contribution in [0, 0.1) is 0 Å². The molecular weight excluding hydrogens is 336 g/mol. The van der Waals surface area contributed by atoms with Gasteiger partial charge in [0.2, 0.25) is 0 Å². The summed E-state index contributed by atoms with van der Waals surface area (Å²) in [4.78, 5) is 4.26. The zero-order chi connectivity index (χ0) is 14.4. The molecule has 0 saturated carbocycles. The Kier molecular flexibility index (Phi) is 6.02. The highest BCUT2D eigenvalue weighted by Crippen LogP contribution is 2.22. The van der Waals surface area contributed by atoms with E-state index in [4.69, 9.17) is 11.6 Å². The maximum Gasteiger partial charge on any atom is 0.0410 e. The van der Waals surface area contributed by atoms with Crippen molar-refractivity contribution in [2.24, 2.45) is 0 Å². The predicted octanol–water partition coefficient (Wildman–Crippen LogP) is 4.78. The third-order valence-electron chi connectivity index (χ3n) is 3.10. The third-order valence-corrected chi connectivity index (χ3v) is 3.77. The number of hydrogen-bond donors (Lipinski definition) is 1. The minimum atomic E-state index is 0.249. The predicted molar refractivity (Wildman–Crippen MR) is 88.1 cm³/mol. The molecule has 1 N–H and O–H groups in total. The number of aromatic nitrogens is 1. The Bertz CT molecular complexity index is 560. The molecule has 20 heavy (non-hydrogen) atoms. The van der Waals surface area contributed by atoms with Gasteiger partial charge in [-0.2, -0.15) is 0 Å². The van der Waals surface area contributed by atoms with Crippen molar-refractivity contribution >= 4 is 27.5 Å². The van der Waals surface area contributed by atoms with Gasteiger partial charge < -0.3 is 5.32 Å². The van der Waals surface area contributed by atoms with Crippen molar-refractivity contribution in [3.63, 3.8) is 0 Å². The topological polar surface area (TPSA) is 24.9 Å². The van der Waals surface area contributed by atoms with Gasteiger partial charge in [-0.05, 0) is 64.6 Å². The first-order chi connectivity index (χ1) is 9.69. The summed E-state index contributed by atoms with van der Waals surface area (Å²) in [6.07, 6.45) is 5.73.